The van der Waals surface area contributed by atoms with E-state index in [0.717, 1.165) is 59.7 Å². The van der Waals surface area contributed by atoms with E-state index in [4.69, 9.17) is 18.3 Å². The Morgan fingerprint density at radius 3 is 2.22 bits per heavy atom. The highest BCUT2D eigenvalue weighted by Gasteiger charge is 2.50. The summed E-state index contributed by atoms with van der Waals surface area (Å²) in [6.07, 6.45) is 8.76. The number of carbonyl (C=O) groups is 4. The van der Waals surface area contributed by atoms with E-state index in [0.29, 0.717) is 40.3 Å². The van der Waals surface area contributed by atoms with Crippen LogP contribution in [0.5, 0.6) is 0 Å². The average molecular weight is 1010 g/mol. The summed E-state index contributed by atoms with van der Waals surface area (Å²) >= 11 is 1.88. The van der Waals surface area contributed by atoms with E-state index in [1.165, 1.54) is 0 Å². The summed E-state index contributed by atoms with van der Waals surface area (Å²) in [5.74, 6) is -0.0198. The van der Waals surface area contributed by atoms with Crippen LogP contribution in [0.2, 0.25) is 5.04 Å². The number of hydrogen-bond acceptors (Lipinski definition) is 11. The highest BCUT2D eigenvalue weighted by Crippen LogP contribution is 2.37. The Labute approximate surface area is 428 Å². The maximum absolute atomic E-state index is 13.8. The first-order chi connectivity index (χ1) is 34.8. The molecule has 13 nitrogen and oxygen atoms in total. The van der Waals surface area contributed by atoms with Crippen LogP contribution in [0.25, 0.3) is 17.0 Å². The van der Waals surface area contributed by atoms with Gasteiger partial charge in [-0.15, -0.1) is 0 Å². The Balaban J connectivity index is 0.951. The Hall–Kier alpha value is -6.26. The fraction of sp³-hybridized carbons (Fsp3) is 0.386. The standard InChI is InChI=1S/C57H68N4O9SSi/c1-6-61(7-2)44-31-28-42-37-47(55(65)70-50(42)38-44)49(62)21-16-33-67-35-36-68-54(64)41(32-34-69-72(57(3,4)5,45-17-10-8-11-18-45)46-19-12-9-13-20-46)27-24-40-25-29-43(30-26-40)58-52(63)23-15-14-22-51-53-48(39-71-51)59-56(66)60-53/h8-13,17-20,24-32,37-38,48,51,53H,6-7,14-16,21-23,33-36,39H2,1-5H3,(H,58,63)(H2,59,60,66)/b27-24+,41-32+/t48-,51-,53-/m0/s1. The lowest BCUT2D eigenvalue weighted by atomic mass is 10.0. The molecule has 3 N–H and O–H groups in total. The molecule has 3 heterocycles. The number of nitrogens with one attached hydrogen (secondary N) is 3. The molecule has 2 saturated heterocycles. The second kappa shape index (κ2) is 25.4. The third kappa shape index (κ3) is 13.6. The number of ether oxygens (including phenoxy) is 2. The predicted molar refractivity (Wildman–Crippen MR) is 291 cm³/mol. The van der Waals surface area contributed by atoms with Crippen LogP contribution >= 0.6 is 11.8 Å². The number of Topliss-reactive ketones (excluding diaryl/α,β-unsaturated/α-hetero) is 1. The van der Waals surface area contributed by atoms with E-state index >= 15 is 0 Å². The zero-order chi connectivity index (χ0) is 51.1. The molecule has 3 amide bonds. The Bertz CT molecular complexity index is 2720. The highest BCUT2D eigenvalue weighted by molar-refractivity contribution is 8.00. The number of urea groups is 1. The number of hydrogen-bond donors (Lipinski definition) is 3. The maximum atomic E-state index is 13.8. The largest absolute Gasteiger partial charge is 0.460 e. The molecule has 5 aromatic rings. The van der Waals surface area contributed by atoms with Crippen LogP contribution in [0.3, 0.4) is 0 Å². The second-order valence-electron chi connectivity index (χ2n) is 19.1. The van der Waals surface area contributed by atoms with Gasteiger partial charge in [0, 0.05) is 66.4 Å². The lowest BCUT2D eigenvalue weighted by molar-refractivity contribution is -0.140. The topological polar surface area (TPSA) is 166 Å². The third-order valence-electron chi connectivity index (χ3n) is 13.3. The number of rotatable bonds is 25. The van der Waals surface area contributed by atoms with Crippen LogP contribution in [0.15, 0.2) is 136 Å². The van der Waals surface area contributed by atoms with Crippen molar-refractivity contribution in [3.63, 3.8) is 0 Å². The van der Waals surface area contributed by atoms with Gasteiger partial charge in [0.1, 0.15) is 17.8 Å². The van der Waals surface area contributed by atoms with Crippen molar-refractivity contribution in [1.29, 1.82) is 0 Å². The van der Waals surface area contributed by atoms with E-state index in [1.54, 1.807) is 18.2 Å². The normalized spacial score (nSPS) is 16.9. The maximum Gasteiger partial charge on any atom is 0.347 e. The van der Waals surface area contributed by atoms with Gasteiger partial charge in [-0.25, -0.2) is 14.4 Å². The molecule has 0 spiro atoms. The molecule has 3 atom stereocenters. The van der Waals surface area contributed by atoms with Crippen LogP contribution in [0.4, 0.5) is 16.2 Å². The molecule has 72 heavy (non-hydrogen) atoms. The summed E-state index contributed by atoms with van der Waals surface area (Å²) in [5.41, 5.74) is 2.51. The van der Waals surface area contributed by atoms with Crippen molar-refractivity contribution in [2.45, 2.75) is 95.5 Å². The minimum atomic E-state index is -2.92. The Morgan fingerprint density at radius 1 is 0.833 bits per heavy atom. The first kappa shape index (κ1) is 53.5. The summed E-state index contributed by atoms with van der Waals surface area (Å²) < 4.78 is 24.2. The van der Waals surface area contributed by atoms with Gasteiger partial charge in [0.25, 0.3) is 8.32 Å². The first-order valence-corrected chi connectivity index (χ1v) is 28.1. The number of carbonyl (C=O) groups excluding carboxylic acids is 4. The lowest BCUT2D eigenvalue weighted by Gasteiger charge is -2.42. The van der Waals surface area contributed by atoms with Gasteiger partial charge in [-0.2, -0.15) is 11.8 Å². The molecule has 0 unspecified atom stereocenters. The van der Waals surface area contributed by atoms with Gasteiger partial charge in [-0.1, -0.05) is 106 Å². The summed E-state index contributed by atoms with van der Waals surface area (Å²) in [6.45, 7) is 12.8. The van der Waals surface area contributed by atoms with Crippen LogP contribution in [-0.2, 0) is 23.5 Å². The van der Waals surface area contributed by atoms with Crippen LogP contribution in [-0.4, -0.2) is 94.6 Å². The quantitative estimate of drug-likeness (QED) is 0.00747. The van der Waals surface area contributed by atoms with E-state index in [1.807, 2.05) is 96.7 Å². The summed E-state index contributed by atoms with van der Waals surface area (Å²) in [6, 6.07) is 35.5. The molecule has 0 bridgehead atoms. The fourth-order valence-electron chi connectivity index (χ4n) is 9.53. The fourth-order valence-corrected chi connectivity index (χ4v) is 15.6. The molecular weight excluding hydrogens is 945 g/mol. The van der Waals surface area contributed by atoms with Crippen molar-refractivity contribution < 1.29 is 37.5 Å². The SMILES string of the molecule is CCN(CC)c1ccc2cc(C(=O)CCCOCCOC(=O)C(/C=C/c3ccc(NC(=O)CCCC[C@@H]4SC[C@@H]5NC(=O)N[C@@H]54)cc3)=C/CO[Si](c3ccccc3)(c3ccccc3)C(C)(C)C)c(=O)oc2c1. The average Bonchev–Trinajstić information content (AvgIpc) is 3.94. The third-order valence-corrected chi connectivity index (χ3v) is 19.8. The van der Waals surface area contributed by atoms with Gasteiger partial charge >= 0.3 is 17.6 Å². The number of thioether (sulfide) groups is 1. The zero-order valence-corrected chi connectivity index (χ0v) is 43.9. The number of esters is 1. The zero-order valence-electron chi connectivity index (χ0n) is 42.1. The number of nitrogens with zero attached hydrogens (tertiary/aromatic N) is 1. The van der Waals surface area contributed by atoms with Crippen molar-refractivity contribution in [3.8, 4) is 0 Å². The van der Waals surface area contributed by atoms with Crippen molar-refractivity contribution in [3.05, 3.63) is 148 Å². The molecule has 380 valence electrons. The lowest BCUT2D eigenvalue weighted by Crippen LogP contribution is -2.66. The van der Waals surface area contributed by atoms with E-state index in [9.17, 15) is 24.0 Å². The van der Waals surface area contributed by atoms with Crippen molar-refractivity contribution in [2.24, 2.45) is 0 Å². The number of benzene rings is 4. The molecule has 0 saturated carbocycles. The predicted octanol–water partition coefficient (Wildman–Crippen LogP) is 9.04. The van der Waals surface area contributed by atoms with Crippen LogP contribution < -0.4 is 36.8 Å². The van der Waals surface area contributed by atoms with Gasteiger partial charge in [0.15, 0.2) is 5.78 Å². The highest BCUT2D eigenvalue weighted by atomic mass is 32.2. The van der Waals surface area contributed by atoms with E-state index in [2.05, 4.69) is 79.7 Å². The monoisotopic (exact) mass is 1010 g/mol. The van der Waals surface area contributed by atoms with Crippen LogP contribution in [0.1, 0.15) is 89.1 Å². The van der Waals surface area contributed by atoms with Gasteiger partial charge in [-0.3, -0.25) is 9.59 Å². The van der Waals surface area contributed by atoms with Crippen molar-refractivity contribution >= 4 is 82.6 Å². The Morgan fingerprint density at radius 2 is 1.54 bits per heavy atom. The van der Waals surface area contributed by atoms with E-state index in [-0.39, 0.29) is 73.3 Å². The van der Waals surface area contributed by atoms with Gasteiger partial charge < -0.3 is 39.2 Å². The summed E-state index contributed by atoms with van der Waals surface area (Å²) in [5, 5.41) is 12.0. The minimum Gasteiger partial charge on any atom is -0.460 e. The number of fused-ring (bicyclic) bond motifs is 2. The molecule has 2 aliphatic rings. The van der Waals surface area contributed by atoms with Gasteiger partial charge in [0.05, 0.1) is 30.9 Å². The smallest absolute Gasteiger partial charge is 0.347 e. The van der Waals surface area contributed by atoms with Crippen molar-refractivity contribution in [1.82, 2.24) is 10.6 Å². The molecule has 0 aliphatic carbocycles. The van der Waals surface area contributed by atoms with E-state index < -0.39 is 19.9 Å². The molecule has 0 radical (unpaired) electrons. The second-order valence-corrected chi connectivity index (χ2v) is 24.7. The molecular formula is C57H68N4O9SSi. The molecule has 4 aromatic carbocycles. The first-order valence-electron chi connectivity index (χ1n) is 25.1. The number of ketones is 1. The number of unbranched alkanes of at least 4 members (excludes halogenated alkanes) is 1. The summed E-state index contributed by atoms with van der Waals surface area (Å²) in [7, 11) is -2.92. The summed E-state index contributed by atoms with van der Waals surface area (Å²) in [4.78, 5) is 66.5. The van der Waals surface area contributed by atoms with Crippen LogP contribution in [0, 0.1) is 0 Å². The molecule has 2 aliphatic heterocycles. The van der Waals surface area contributed by atoms with Crippen molar-refractivity contribution in [2.75, 3.05) is 55.5 Å². The number of amides is 3. The minimum absolute atomic E-state index is 0.0104. The number of anilines is 2. The molecule has 1 aromatic heterocycles. The molecule has 7 rings (SSSR count). The molecule has 15 heteroatoms. The Kier molecular flexibility index (Phi) is 18.9. The van der Waals surface area contributed by atoms with Gasteiger partial charge in [0.2, 0.25) is 5.91 Å². The van der Waals surface area contributed by atoms with Gasteiger partial charge in [-0.05, 0) is 96.6 Å². The molecule has 2 fully saturated rings.